The molecule has 0 unspecified atom stereocenters. The fraction of sp³-hybridized carbons (Fsp3) is 0.182. The Balaban J connectivity index is 1.66. The average Bonchev–Trinajstić information content (AvgIpc) is 3.28. The highest BCUT2D eigenvalue weighted by atomic mass is 19.1. The molecule has 150 valence electrons. The average molecular weight is 396 g/mol. The first-order chi connectivity index (χ1) is 14.1. The number of rotatable bonds is 7. The number of carbonyl (C=O) groups is 2. The van der Waals surface area contributed by atoms with Crippen molar-refractivity contribution >= 4 is 11.8 Å². The van der Waals surface area contributed by atoms with E-state index < -0.39 is 11.8 Å². The Morgan fingerprint density at radius 3 is 2.48 bits per heavy atom. The molecule has 0 bridgehead atoms. The van der Waals surface area contributed by atoms with Gasteiger partial charge in [0.2, 0.25) is 0 Å². The number of quaternary nitrogens is 1. The van der Waals surface area contributed by atoms with Gasteiger partial charge in [-0.15, -0.1) is 0 Å². The lowest BCUT2D eigenvalue weighted by Crippen LogP contribution is -2.88. The van der Waals surface area contributed by atoms with Crippen LogP contribution in [0.3, 0.4) is 0 Å². The second kappa shape index (κ2) is 9.66. The summed E-state index contributed by atoms with van der Waals surface area (Å²) in [4.78, 5) is 24.0. The molecule has 0 radical (unpaired) electrons. The molecule has 1 aromatic heterocycles. The Hall–Kier alpha value is -3.45. The van der Waals surface area contributed by atoms with Gasteiger partial charge < -0.3 is 9.73 Å². The summed E-state index contributed by atoms with van der Waals surface area (Å²) in [6.07, 6.45) is 2.30. The number of hydrogen-bond donors (Lipinski definition) is 3. The maximum atomic E-state index is 13.8. The van der Waals surface area contributed by atoms with Gasteiger partial charge in [0.25, 0.3) is 5.91 Å². The van der Waals surface area contributed by atoms with Crippen LogP contribution in [0.5, 0.6) is 0 Å². The molecule has 7 heteroatoms. The third-order valence-electron chi connectivity index (χ3n) is 4.55. The summed E-state index contributed by atoms with van der Waals surface area (Å²) in [5.74, 6) is -1.17. The minimum Gasteiger partial charge on any atom is -0.459 e. The number of halogens is 1. The van der Waals surface area contributed by atoms with Crippen LogP contribution in [-0.2, 0) is 11.2 Å². The van der Waals surface area contributed by atoms with Crippen molar-refractivity contribution < 1.29 is 23.7 Å². The molecule has 0 aliphatic rings. The monoisotopic (exact) mass is 396 g/mol. The van der Waals surface area contributed by atoms with Gasteiger partial charge in [-0.05, 0) is 36.2 Å². The zero-order chi connectivity index (χ0) is 20.6. The zero-order valence-corrected chi connectivity index (χ0v) is 16.0. The van der Waals surface area contributed by atoms with Crippen LogP contribution < -0.4 is 16.2 Å². The van der Waals surface area contributed by atoms with Gasteiger partial charge in [0.1, 0.15) is 11.9 Å². The van der Waals surface area contributed by atoms with Crippen LogP contribution in [-0.4, -0.2) is 18.4 Å². The first-order valence-electron chi connectivity index (χ1n) is 9.37. The predicted molar refractivity (Wildman–Crippen MR) is 105 cm³/mol. The van der Waals surface area contributed by atoms with Crippen molar-refractivity contribution in [2.45, 2.75) is 19.4 Å². The van der Waals surface area contributed by atoms with Gasteiger partial charge in [0, 0.05) is 11.1 Å². The quantitative estimate of drug-likeness (QED) is 0.535. The van der Waals surface area contributed by atoms with Crippen molar-refractivity contribution in [3.63, 3.8) is 0 Å². The number of amides is 2. The van der Waals surface area contributed by atoms with Gasteiger partial charge in [0.15, 0.2) is 12.3 Å². The summed E-state index contributed by atoms with van der Waals surface area (Å²) in [6, 6.07) is 17.2. The normalized spacial score (nSPS) is 11.7. The van der Waals surface area contributed by atoms with Crippen LogP contribution >= 0.6 is 0 Å². The molecule has 2 amide bonds. The van der Waals surface area contributed by atoms with E-state index in [1.165, 1.54) is 30.0 Å². The van der Waals surface area contributed by atoms with E-state index in [4.69, 9.17) is 4.42 Å². The highest BCUT2D eigenvalue weighted by Crippen LogP contribution is 2.20. The van der Waals surface area contributed by atoms with Gasteiger partial charge in [-0.25, -0.2) is 4.39 Å². The van der Waals surface area contributed by atoms with Gasteiger partial charge >= 0.3 is 5.91 Å². The van der Waals surface area contributed by atoms with Crippen molar-refractivity contribution in [2.24, 2.45) is 0 Å². The maximum Gasteiger partial charge on any atom is 0.305 e. The minimum absolute atomic E-state index is 0.0368. The van der Waals surface area contributed by atoms with Gasteiger partial charge in [-0.2, -0.15) is 0 Å². The standard InChI is InChI=1S/C22H22FN3O3/c1-2-15-8-10-16(11-9-15)21(17-5-3-6-18(23)13-17)24-14-20(27)25-26-22(28)19-7-4-12-29-19/h3-13,21,24H,2,14H2,1H3,(H,25,27)(H,26,28)/p+1/t21-/m0/s1. The van der Waals surface area contributed by atoms with Crippen LogP contribution in [0.25, 0.3) is 0 Å². The van der Waals surface area contributed by atoms with E-state index in [1.807, 2.05) is 30.3 Å². The fourth-order valence-electron chi connectivity index (χ4n) is 3.00. The lowest BCUT2D eigenvalue weighted by molar-refractivity contribution is -0.676. The van der Waals surface area contributed by atoms with Crippen molar-refractivity contribution in [1.29, 1.82) is 0 Å². The molecule has 3 aromatic rings. The zero-order valence-electron chi connectivity index (χ0n) is 16.0. The van der Waals surface area contributed by atoms with Crippen LogP contribution in [0.2, 0.25) is 0 Å². The predicted octanol–water partition coefficient (Wildman–Crippen LogP) is 2.10. The number of aryl methyl sites for hydroxylation is 1. The smallest absolute Gasteiger partial charge is 0.305 e. The molecule has 6 nitrogen and oxygen atoms in total. The van der Waals surface area contributed by atoms with Crippen molar-refractivity contribution in [2.75, 3.05) is 6.54 Å². The first-order valence-corrected chi connectivity index (χ1v) is 9.37. The van der Waals surface area contributed by atoms with E-state index in [-0.39, 0.29) is 24.2 Å². The third-order valence-corrected chi connectivity index (χ3v) is 4.55. The molecule has 0 spiro atoms. The van der Waals surface area contributed by atoms with Crippen molar-refractivity contribution in [3.8, 4) is 0 Å². The number of carbonyl (C=O) groups excluding carboxylic acids is 2. The maximum absolute atomic E-state index is 13.8. The molecule has 0 saturated carbocycles. The van der Waals surface area contributed by atoms with Crippen LogP contribution in [0.4, 0.5) is 4.39 Å². The summed E-state index contributed by atoms with van der Waals surface area (Å²) in [5, 5.41) is 1.80. The molecule has 3 rings (SSSR count). The number of nitrogens with two attached hydrogens (primary N) is 1. The number of nitrogens with one attached hydrogen (secondary N) is 2. The Morgan fingerprint density at radius 2 is 1.83 bits per heavy atom. The van der Waals surface area contributed by atoms with E-state index in [1.54, 1.807) is 17.4 Å². The molecule has 29 heavy (non-hydrogen) atoms. The summed E-state index contributed by atoms with van der Waals surface area (Å²) in [6.45, 7) is 2.11. The van der Waals surface area contributed by atoms with Crippen LogP contribution in [0, 0.1) is 5.82 Å². The fourth-order valence-corrected chi connectivity index (χ4v) is 3.00. The van der Waals surface area contributed by atoms with E-state index in [0.29, 0.717) is 0 Å². The number of hydrogen-bond acceptors (Lipinski definition) is 3. The van der Waals surface area contributed by atoms with E-state index >= 15 is 0 Å². The highest BCUT2D eigenvalue weighted by molar-refractivity contribution is 5.92. The summed E-state index contributed by atoms with van der Waals surface area (Å²) in [5.41, 5.74) is 7.56. The first kappa shape index (κ1) is 20.3. The second-order valence-corrected chi connectivity index (χ2v) is 6.55. The van der Waals surface area contributed by atoms with Gasteiger partial charge in [-0.1, -0.05) is 43.3 Å². The van der Waals surface area contributed by atoms with E-state index in [2.05, 4.69) is 17.8 Å². The number of hydrazine groups is 1. The summed E-state index contributed by atoms with van der Waals surface area (Å²) < 4.78 is 18.7. The topological polar surface area (TPSA) is 88.0 Å². The minimum atomic E-state index is -0.541. The highest BCUT2D eigenvalue weighted by Gasteiger charge is 2.20. The summed E-state index contributed by atoms with van der Waals surface area (Å²) >= 11 is 0. The molecular formula is C22H23FN3O3+. The molecule has 0 fully saturated rings. The Labute approximate surface area is 168 Å². The molecular weight excluding hydrogens is 373 g/mol. The number of benzene rings is 2. The van der Waals surface area contributed by atoms with E-state index in [9.17, 15) is 14.0 Å². The van der Waals surface area contributed by atoms with Crippen molar-refractivity contribution in [1.82, 2.24) is 10.9 Å². The van der Waals surface area contributed by atoms with Gasteiger partial charge in [-0.3, -0.25) is 20.4 Å². The molecule has 0 aliphatic heterocycles. The Morgan fingerprint density at radius 1 is 1.03 bits per heavy atom. The lowest BCUT2D eigenvalue weighted by Gasteiger charge is -2.17. The second-order valence-electron chi connectivity index (χ2n) is 6.55. The van der Waals surface area contributed by atoms with Crippen LogP contribution in [0.15, 0.2) is 71.3 Å². The third kappa shape index (κ3) is 5.52. The molecule has 1 atom stereocenters. The molecule has 1 heterocycles. The molecule has 0 saturated heterocycles. The molecule has 2 aromatic carbocycles. The lowest BCUT2D eigenvalue weighted by atomic mass is 9.97. The molecule has 4 N–H and O–H groups in total. The van der Waals surface area contributed by atoms with E-state index in [0.717, 1.165) is 17.5 Å². The number of furan rings is 1. The Kier molecular flexibility index (Phi) is 6.76. The SMILES string of the molecule is CCc1ccc([C@H]([NH2+]CC(=O)NNC(=O)c2ccco2)c2cccc(F)c2)cc1. The Bertz CT molecular complexity index is 956. The van der Waals surface area contributed by atoms with Crippen molar-refractivity contribution in [3.05, 3.63) is 95.2 Å². The van der Waals surface area contributed by atoms with Gasteiger partial charge in [0.05, 0.1) is 6.26 Å². The molecule has 0 aliphatic carbocycles. The largest absolute Gasteiger partial charge is 0.459 e. The van der Waals surface area contributed by atoms with Crippen LogP contribution in [0.1, 0.15) is 40.2 Å². The summed E-state index contributed by atoms with van der Waals surface area (Å²) in [7, 11) is 0.